The highest BCUT2D eigenvalue weighted by Gasteiger charge is 2.22. The molecule has 0 spiro atoms. The molecule has 0 saturated heterocycles. The lowest BCUT2D eigenvalue weighted by molar-refractivity contribution is 0.574. The van der Waals surface area contributed by atoms with Gasteiger partial charge in [0.05, 0.1) is 5.56 Å². The maximum absolute atomic E-state index is 9.03. The molecule has 1 heterocycles. The van der Waals surface area contributed by atoms with Crippen molar-refractivity contribution in [1.82, 2.24) is 4.98 Å². The van der Waals surface area contributed by atoms with E-state index in [1.165, 1.54) is 11.1 Å². The summed E-state index contributed by atoms with van der Waals surface area (Å²) in [5.41, 5.74) is 4.06. The lowest BCUT2D eigenvalue weighted by atomic mass is 9.82. The molecule has 2 aromatic rings. The summed E-state index contributed by atoms with van der Waals surface area (Å²) in [6, 6.07) is 14.5. The number of aryl methyl sites for hydroxylation is 1. The van der Waals surface area contributed by atoms with Crippen LogP contribution in [0.15, 0.2) is 36.4 Å². The standard InChI is InChI=1S/C16H13ClN2/c17-16-14(10-18)9-13-8-12(6-7-15(13)19-16)11-4-2-1-3-5-11/h1-5,9,12H,6-8H2. The lowest BCUT2D eigenvalue weighted by Gasteiger charge is -2.24. The van der Waals surface area contributed by atoms with E-state index in [9.17, 15) is 0 Å². The first kappa shape index (κ1) is 12.2. The summed E-state index contributed by atoms with van der Waals surface area (Å²) in [5, 5.41) is 9.36. The quantitative estimate of drug-likeness (QED) is 0.736. The number of hydrogen-bond donors (Lipinski definition) is 0. The Morgan fingerprint density at radius 2 is 2.05 bits per heavy atom. The third-order valence-corrected chi connectivity index (χ3v) is 4.02. The van der Waals surface area contributed by atoms with Gasteiger partial charge in [0.2, 0.25) is 0 Å². The van der Waals surface area contributed by atoms with E-state index < -0.39 is 0 Å². The average molecular weight is 269 g/mol. The first-order valence-corrected chi connectivity index (χ1v) is 6.79. The topological polar surface area (TPSA) is 36.7 Å². The van der Waals surface area contributed by atoms with E-state index in [1.807, 2.05) is 12.1 Å². The first-order chi connectivity index (χ1) is 9.28. The summed E-state index contributed by atoms with van der Waals surface area (Å²) in [5.74, 6) is 0.517. The third-order valence-electron chi connectivity index (χ3n) is 3.73. The molecule has 0 amide bonds. The van der Waals surface area contributed by atoms with E-state index in [1.54, 1.807) is 0 Å². The van der Waals surface area contributed by atoms with Gasteiger partial charge in [0.15, 0.2) is 0 Å². The van der Waals surface area contributed by atoms with Crippen molar-refractivity contribution < 1.29 is 0 Å². The fourth-order valence-corrected chi connectivity index (χ4v) is 2.93. The second kappa shape index (κ2) is 5.03. The number of pyridine rings is 1. The number of nitrogens with zero attached hydrogens (tertiary/aromatic N) is 2. The van der Waals surface area contributed by atoms with Crippen molar-refractivity contribution in [2.75, 3.05) is 0 Å². The summed E-state index contributed by atoms with van der Waals surface area (Å²) in [4.78, 5) is 4.36. The monoisotopic (exact) mass is 268 g/mol. The maximum atomic E-state index is 9.03. The first-order valence-electron chi connectivity index (χ1n) is 6.41. The third kappa shape index (κ3) is 2.34. The van der Waals surface area contributed by atoms with E-state index in [0.717, 1.165) is 25.0 Å². The van der Waals surface area contributed by atoms with E-state index in [0.29, 0.717) is 16.6 Å². The van der Waals surface area contributed by atoms with Crippen molar-refractivity contribution in [3.05, 3.63) is 63.9 Å². The molecule has 1 atom stereocenters. The molecule has 1 unspecified atom stereocenters. The summed E-state index contributed by atoms with van der Waals surface area (Å²) < 4.78 is 0. The van der Waals surface area contributed by atoms with Crippen LogP contribution in [0.5, 0.6) is 0 Å². The van der Waals surface area contributed by atoms with Crippen molar-refractivity contribution in [2.45, 2.75) is 25.2 Å². The Labute approximate surface area is 117 Å². The van der Waals surface area contributed by atoms with Crippen LogP contribution in [0, 0.1) is 11.3 Å². The minimum absolute atomic E-state index is 0.333. The molecule has 0 radical (unpaired) electrons. The van der Waals surface area contributed by atoms with Gasteiger partial charge in [0, 0.05) is 5.69 Å². The predicted molar refractivity (Wildman–Crippen MR) is 75.2 cm³/mol. The minimum atomic E-state index is 0.333. The smallest absolute Gasteiger partial charge is 0.147 e. The Morgan fingerprint density at radius 3 is 2.79 bits per heavy atom. The molecule has 1 aliphatic rings. The van der Waals surface area contributed by atoms with Gasteiger partial charge in [-0.05, 0) is 42.4 Å². The number of rotatable bonds is 1. The van der Waals surface area contributed by atoms with E-state index >= 15 is 0 Å². The second-order valence-electron chi connectivity index (χ2n) is 4.89. The minimum Gasteiger partial charge on any atom is -0.239 e. The van der Waals surface area contributed by atoms with Crippen LogP contribution >= 0.6 is 11.6 Å². The lowest BCUT2D eigenvalue weighted by Crippen LogP contribution is -2.14. The number of nitriles is 1. The van der Waals surface area contributed by atoms with Crippen LogP contribution in [-0.2, 0) is 12.8 Å². The van der Waals surface area contributed by atoms with Gasteiger partial charge < -0.3 is 0 Å². The number of benzene rings is 1. The molecular formula is C16H13ClN2. The summed E-state index contributed by atoms with van der Waals surface area (Å²) in [6.07, 6.45) is 2.96. The Bertz CT molecular complexity index is 644. The normalized spacial score (nSPS) is 17.6. The molecule has 1 aromatic carbocycles. The van der Waals surface area contributed by atoms with Gasteiger partial charge in [0.25, 0.3) is 0 Å². The predicted octanol–water partition coefficient (Wildman–Crippen LogP) is 3.88. The van der Waals surface area contributed by atoms with Crippen LogP contribution < -0.4 is 0 Å². The molecule has 19 heavy (non-hydrogen) atoms. The Balaban J connectivity index is 1.94. The van der Waals surface area contributed by atoms with Gasteiger partial charge in [-0.25, -0.2) is 4.98 Å². The van der Waals surface area contributed by atoms with E-state index in [2.05, 4.69) is 35.3 Å². The molecule has 0 fully saturated rings. The van der Waals surface area contributed by atoms with Gasteiger partial charge in [-0.1, -0.05) is 41.9 Å². The molecule has 2 nitrogen and oxygen atoms in total. The largest absolute Gasteiger partial charge is 0.239 e. The van der Waals surface area contributed by atoms with Gasteiger partial charge in [-0.2, -0.15) is 5.26 Å². The molecular weight excluding hydrogens is 256 g/mol. The highest BCUT2D eigenvalue weighted by molar-refractivity contribution is 6.30. The Hall–Kier alpha value is -1.85. The molecule has 1 aliphatic carbocycles. The number of halogens is 1. The van der Waals surface area contributed by atoms with Gasteiger partial charge in [0.1, 0.15) is 11.2 Å². The van der Waals surface area contributed by atoms with Crippen molar-refractivity contribution in [1.29, 1.82) is 5.26 Å². The van der Waals surface area contributed by atoms with Gasteiger partial charge in [-0.15, -0.1) is 0 Å². The summed E-state index contributed by atoms with van der Waals surface area (Å²) in [7, 11) is 0. The van der Waals surface area contributed by atoms with Crippen LogP contribution in [0.25, 0.3) is 0 Å². The molecule has 0 saturated carbocycles. The van der Waals surface area contributed by atoms with Crippen molar-refractivity contribution in [2.24, 2.45) is 0 Å². The molecule has 0 aliphatic heterocycles. The highest BCUT2D eigenvalue weighted by Crippen LogP contribution is 2.33. The molecule has 3 rings (SSSR count). The van der Waals surface area contributed by atoms with Crippen LogP contribution in [0.1, 0.15) is 34.7 Å². The number of fused-ring (bicyclic) bond motifs is 1. The SMILES string of the molecule is N#Cc1cc2c(nc1Cl)CCC(c1ccccc1)C2. The van der Waals surface area contributed by atoms with Crippen molar-refractivity contribution >= 4 is 11.6 Å². The van der Waals surface area contributed by atoms with Crippen molar-refractivity contribution in [3.8, 4) is 6.07 Å². The highest BCUT2D eigenvalue weighted by atomic mass is 35.5. The molecule has 0 N–H and O–H groups in total. The molecule has 3 heteroatoms. The zero-order valence-corrected chi connectivity index (χ0v) is 11.2. The summed E-state index contributed by atoms with van der Waals surface area (Å²) >= 11 is 5.98. The van der Waals surface area contributed by atoms with Crippen LogP contribution in [0.3, 0.4) is 0 Å². The van der Waals surface area contributed by atoms with Crippen LogP contribution in [0.4, 0.5) is 0 Å². The zero-order valence-electron chi connectivity index (χ0n) is 10.4. The Morgan fingerprint density at radius 1 is 1.26 bits per heavy atom. The van der Waals surface area contributed by atoms with Crippen LogP contribution in [-0.4, -0.2) is 4.98 Å². The average Bonchev–Trinajstić information content (AvgIpc) is 2.47. The van der Waals surface area contributed by atoms with Gasteiger partial charge in [-0.3, -0.25) is 0 Å². The Kier molecular flexibility index (Phi) is 3.23. The van der Waals surface area contributed by atoms with Crippen molar-refractivity contribution in [3.63, 3.8) is 0 Å². The molecule has 1 aromatic heterocycles. The molecule has 0 bridgehead atoms. The fraction of sp³-hybridized carbons (Fsp3) is 0.250. The number of aromatic nitrogens is 1. The number of hydrogen-bond acceptors (Lipinski definition) is 2. The second-order valence-corrected chi connectivity index (χ2v) is 5.25. The maximum Gasteiger partial charge on any atom is 0.147 e. The molecule has 94 valence electrons. The fourth-order valence-electron chi connectivity index (χ4n) is 2.73. The van der Waals surface area contributed by atoms with Crippen LogP contribution in [0.2, 0.25) is 5.15 Å². The van der Waals surface area contributed by atoms with Gasteiger partial charge >= 0.3 is 0 Å². The van der Waals surface area contributed by atoms with E-state index in [-0.39, 0.29) is 0 Å². The summed E-state index contributed by atoms with van der Waals surface area (Å²) in [6.45, 7) is 0. The zero-order chi connectivity index (χ0) is 13.2. The van der Waals surface area contributed by atoms with E-state index in [4.69, 9.17) is 16.9 Å².